The van der Waals surface area contributed by atoms with Gasteiger partial charge < -0.3 is 15.8 Å². The Labute approximate surface area is 124 Å². The van der Waals surface area contributed by atoms with Gasteiger partial charge in [-0.1, -0.05) is 11.6 Å². The molecule has 3 N–H and O–H groups in total. The van der Waals surface area contributed by atoms with Gasteiger partial charge in [-0.3, -0.25) is 4.98 Å². The van der Waals surface area contributed by atoms with E-state index in [0.29, 0.717) is 24.8 Å². The smallest absolute Gasteiger partial charge is 0.0948 e. The van der Waals surface area contributed by atoms with Crippen LogP contribution < -0.4 is 11.1 Å². The molecule has 0 aliphatic carbocycles. The molecule has 1 unspecified atom stereocenters. The lowest BCUT2D eigenvalue weighted by Crippen LogP contribution is -2.46. The highest BCUT2D eigenvalue weighted by molar-refractivity contribution is 6.35. The van der Waals surface area contributed by atoms with Crippen LogP contribution in [0.1, 0.15) is 13.8 Å². The van der Waals surface area contributed by atoms with Gasteiger partial charge in [0.05, 0.1) is 28.4 Å². The second-order valence-corrected chi connectivity index (χ2v) is 5.43. The zero-order chi connectivity index (χ0) is 14.6. The number of ether oxygens (including phenoxy) is 1. The summed E-state index contributed by atoms with van der Waals surface area (Å²) >= 11 is 6.20. The molecule has 2 aromatic rings. The molecule has 0 radical (unpaired) electrons. The standard InChI is InChI=1S/C15H20ClN3O/c1-3-20-10-15(2,9-17)19-13-7-6-12(16)11-5-4-8-18-14(11)13/h4-8,19H,3,9-10,17H2,1-2H3. The fourth-order valence-corrected chi connectivity index (χ4v) is 2.25. The molecule has 0 aliphatic heterocycles. The van der Waals surface area contributed by atoms with Crippen molar-refractivity contribution in [3.05, 3.63) is 35.5 Å². The number of nitrogens with one attached hydrogen (secondary N) is 1. The van der Waals surface area contributed by atoms with E-state index in [-0.39, 0.29) is 5.54 Å². The van der Waals surface area contributed by atoms with E-state index in [1.54, 1.807) is 6.20 Å². The molecule has 1 aromatic carbocycles. The predicted octanol–water partition coefficient (Wildman–Crippen LogP) is 3.05. The summed E-state index contributed by atoms with van der Waals surface area (Å²) < 4.78 is 5.51. The number of fused-ring (bicyclic) bond motifs is 1. The molecule has 0 aliphatic rings. The quantitative estimate of drug-likeness (QED) is 0.859. The van der Waals surface area contributed by atoms with Gasteiger partial charge in [-0.25, -0.2) is 0 Å². The summed E-state index contributed by atoms with van der Waals surface area (Å²) in [6, 6.07) is 7.63. The minimum Gasteiger partial charge on any atom is -0.379 e. The molecule has 1 aromatic heterocycles. The van der Waals surface area contributed by atoms with Gasteiger partial charge in [-0.15, -0.1) is 0 Å². The Bertz CT molecular complexity index is 590. The molecule has 0 saturated carbocycles. The number of nitrogens with zero attached hydrogens (tertiary/aromatic N) is 1. The van der Waals surface area contributed by atoms with Crippen LogP contribution in [0.15, 0.2) is 30.5 Å². The summed E-state index contributed by atoms with van der Waals surface area (Å²) in [7, 11) is 0. The van der Waals surface area contributed by atoms with Crippen molar-refractivity contribution in [1.29, 1.82) is 0 Å². The van der Waals surface area contributed by atoms with Gasteiger partial charge in [-0.2, -0.15) is 0 Å². The molecule has 0 saturated heterocycles. The number of anilines is 1. The van der Waals surface area contributed by atoms with E-state index in [4.69, 9.17) is 22.1 Å². The van der Waals surface area contributed by atoms with E-state index in [9.17, 15) is 0 Å². The minimum atomic E-state index is -0.339. The molecule has 5 heteroatoms. The van der Waals surface area contributed by atoms with E-state index in [1.165, 1.54) is 0 Å². The molecular formula is C15H20ClN3O. The molecule has 0 bridgehead atoms. The first-order valence-corrected chi connectivity index (χ1v) is 7.06. The van der Waals surface area contributed by atoms with Gasteiger partial charge in [0.1, 0.15) is 0 Å². The van der Waals surface area contributed by atoms with Gasteiger partial charge in [0.25, 0.3) is 0 Å². The molecular weight excluding hydrogens is 274 g/mol. The number of benzene rings is 1. The van der Waals surface area contributed by atoms with Crippen LogP contribution in [0.3, 0.4) is 0 Å². The average Bonchev–Trinajstić information content (AvgIpc) is 2.48. The zero-order valence-corrected chi connectivity index (χ0v) is 12.6. The van der Waals surface area contributed by atoms with Crippen LogP contribution >= 0.6 is 11.6 Å². The number of hydrogen-bond donors (Lipinski definition) is 2. The van der Waals surface area contributed by atoms with Crippen molar-refractivity contribution in [2.75, 3.05) is 25.1 Å². The van der Waals surface area contributed by atoms with Crippen LogP contribution in [0.25, 0.3) is 10.9 Å². The lowest BCUT2D eigenvalue weighted by molar-refractivity contribution is 0.112. The predicted molar refractivity (Wildman–Crippen MR) is 84.3 cm³/mol. The SMILES string of the molecule is CCOCC(C)(CN)Nc1ccc(Cl)c2cccnc12. The Morgan fingerprint density at radius 3 is 2.90 bits per heavy atom. The first kappa shape index (κ1) is 15.0. The average molecular weight is 294 g/mol. The molecule has 2 rings (SSSR count). The van der Waals surface area contributed by atoms with E-state index in [1.807, 2.05) is 38.1 Å². The third kappa shape index (κ3) is 3.20. The van der Waals surface area contributed by atoms with Crippen LogP contribution in [0.2, 0.25) is 5.02 Å². The summed E-state index contributed by atoms with van der Waals surface area (Å²) in [6.45, 7) is 5.67. The number of pyridine rings is 1. The molecule has 1 atom stereocenters. The fourth-order valence-electron chi connectivity index (χ4n) is 2.04. The Morgan fingerprint density at radius 1 is 1.40 bits per heavy atom. The molecule has 0 spiro atoms. The summed E-state index contributed by atoms with van der Waals surface area (Å²) in [5, 5.41) is 5.06. The van der Waals surface area contributed by atoms with Gasteiger partial charge in [0, 0.05) is 24.7 Å². The maximum absolute atomic E-state index is 6.20. The lowest BCUT2D eigenvalue weighted by atomic mass is 10.0. The number of aromatic nitrogens is 1. The zero-order valence-electron chi connectivity index (χ0n) is 11.8. The highest BCUT2D eigenvalue weighted by Gasteiger charge is 2.23. The first-order chi connectivity index (χ1) is 9.59. The summed E-state index contributed by atoms with van der Waals surface area (Å²) in [5.41, 5.74) is 7.30. The molecule has 4 nitrogen and oxygen atoms in total. The molecule has 20 heavy (non-hydrogen) atoms. The van der Waals surface area contributed by atoms with Crippen molar-refractivity contribution < 1.29 is 4.74 Å². The van der Waals surface area contributed by atoms with Crippen LogP contribution in [0.4, 0.5) is 5.69 Å². The first-order valence-electron chi connectivity index (χ1n) is 6.69. The minimum absolute atomic E-state index is 0.339. The van der Waals surface area contributed by atoms with Gasteiger partial charge in [0.15, 0.2) is 0 Å². The Morgan fingerprint density at radius 2 is 2.20 bits per heavy atom. The van der Waals surface area contributed by atoms with Crippen LogP contribution in [-0.4, -0.2) is 30.3 Å². The number of halogens is 1. The Kier molecular flexibility index (Phi) is 4.81. The third-order valence-electron chi connectivity index (χ3n) is 3.23. The van der Waals surface area contributed by atoms with E-state index in [0.717, 1.165) is 16.6 Å². The second kappa shape index (κ2) is 6.39. The van der Waals surface area contributed by atoms with Gasteiger partial charge in [-0.05, 0) is 38.1 Å². The van der Waals surface area contributed by atoms with Crippen LogP contribution in [-0.2, 0) is 4.74 Å². The Balaban J connectivity index is 2.36. The van der Waals surface area contributed by atoms with Crippen LogP contribution in [0, 0.1) is 0 Å². The van der Waals surface area contributed by atoms with Crippen molar-refractivity contribution in [2.24, 2.45) is 5.73 Å². The van der Waals surface area contributed by atoms with Crippen LogP contribution in [0.5, 0.6) is 0 Å². The monoisotopic (exact) mass is 293 g/mol. The summed E-state index contributed by atoms with van der Waals surface area (Å²) in [5.74, 6) is 0. The van der Waals surface area contributed by atoms with E-state index < -0.39 is 0 Å². The fraction of sp³-hybridized carbons (Fsp3) is 0.400. The molecule has 108 valence electrons. The van der Waals surface area contributed by atoms with Crippen molar-refractivity contribution >= 4 is 28.2 Å². The Hall–Kier alpha value is -1.36. The molecule has 0 fully saturated rings. The van der Waals surface area contributed by atoms with Gasteiger partial charge in [0.2, 0.25) is 0 Å². The van der Waals surface area contributed by atoms with Crippen molar-refractivity contribution in [2.45, 2.75) is 19.4 Å². The number of nitrogens with two attached hydrogens (primary N) is 1. The number of rotatable bonds is 6. The third-order valence-corrected chi connectivity index (χ3v) is 3.56. The van der Waals surface area contributed by atoms with Crippen molar-refractivity contribution in [3.8, 4) is 0 Å². The number of hydrogen-bond acceptors (Lipinski definition) is 4. The van der Waals surface area contributed by atoms with Crippen molar-refractivity contribution in [1.82, 2.24) is 4.98 Å². The van der Waals surface area contributed by atoms with E-state index in [2.05, 4.69) is 10.3 Å². The topological polar surface area (TPSA) is 60.2 Å². The van der Waals surface area contributed by atoms with Gasteiger partial charge >= 0.3 is 0 Å². The normalized spacial score (nSPS) is 14.2. The largest absolute Gasteiger partial charge is 0.379 e. The summed E-state index contributed by atoms with van der Waals surface area (Å²) in [4.78, 5) is 4.41. The highest BCUT2D eigenvalue weighted by Crippen LogP contribution is 2.29. The summed E-state index contributed by atoms with van der Waals surface area (Å²) in [6.07, 6.45) is 1.76. The highest BCUT2D eigenvalue weighted by atomic mass is 35.5. The maximum Gasteiger partial charge on any atom is 0.0948 e. The van der Waals surface area contributed by atoms with E-state index >= 15 is 0 Å². The van der Waals surface area contributed by atoms with Crippen molar-refractivity contribution in [3.63, 3.8) is 0 Å². The maximum atomic E-state index is 6.20. The lowest BCUT2D eigenvalue weighted by Gasteiger charge is -2.30. The molecule has 1 heterocycles. The molecule has 0 amide bonds. The second-order valence-electron chi connectivity index (χ2n) is 5.02.